The van der Waals surface area contributed by atoms with Crippen LogP contribution >= 0.6 is 0 Å². The zero-order valence-corrected chi connectivity index (χ0v) is 9.78. The van der Waals surface area contributed by atoms with Crippen molar-refractivity contribution >= 4 is 10.8 Å². The number of fused-ring (bicyclic) bond motifs is 1. The van der Waals surface area contributed by atoms with Crippen LogP contribution in [0.25, 0.3) is 10.8 Å². The van der Waals surface area contributed by atoms with Crippen LogP contribution in [-0.4, -0.2) is 10.2 Å². The van der Waals surface area contributed by atoms with Gasteiger partial charge in [-0.15, -0.1) is 0 Å². The number of hydrogen-bond donors (Lipinski definition) is 2. The second-order valence-electron chi connectivity index (χ2n) is 5.08. The fourth-order valence-electron chi connectivity index (χ4n) is 2.00. The molecule has 2 aromatic rings. The monoisotopic (exact) mass is 216 g/mol. The second kappa shape index (κ2) is 3.41. The molecule has 2 N–H and O–H groups in total. The quantitative estimate of drug-likeness (QED) is 0.707. The normalized spacial score (nSPS) is 11.9. The van der Waals surface area contributed by atoms with Gasteiger partial charge in [-0.2, -0.15) is 0 Å². The molecule has 16 heavy (non-hydrogen) atoms. The minimum atomic E-state index is -0.0647. The molecule has 0 saturated heterocycles. The molecule has 84 valence electrons. The Morgan fingerprint density at radius 3 is 2.19 bits per heavy atom. The molecule has 0 aromatic heterocycles. The van der Waals surface area contributed by atoms with Crippen molar-refractivity contribution in [2.45, 2.75) is 26.2 Å². The maximum Gasteiger partial charge on any atom is 0.123 e. The lowest BCUT2D eigenvalue weighted by atomic mass is 9.83. The molecule has 0 fully saturated rings. The van der Waals surface area contributed by atoms with E-state index in [1.54, 1.807) is 18.2 Å². The summed E-state index contributed by atoms with van der Waals surface area (Å²) in [6, 6.07) is 8.76. The minimum Gasteiger partial charge on any atom is -0.507 e. The standard InChI is InChI=1S/C14H16O2/c1-14(2,3)10-7-8-11(15)9-5-4-6-12(16)13(9)10/h4-8,15-16H,1-3H3. The van der Waals surface area contributed by atoms with Crippen molar-refractivity contribution in [2.75, 3.05) is 0 Å². The maximum atomic E-state index is 9.93. The van der Waals surface area contributed by atoms with Crippen LogP contribution in [0.4, 0.5) is 0 Å². The van der Waals surface area contributed by atoms with E-state index >= 15 is 0 Å². The molecule has 0 bridgehead atoms. The van der Waals surface area contributed by atoms with Crippen LogP contribution in [0.1, 0.15) is 26.3 Å². The molecule has 2 nitrogen and oxygen atoms in total. The Labute approximate surface area is 95.2 Å². The van der Waals surface area contributed by atoms with Crippen LogP contribution < -0.4 is 0 Å². The van der Waals surface area contributed by atoms with Crippen LogP contribution in [0, 0.1) is 0 Å². The zero-order valence-electron chi connectivity index (χ0n) is 9.78. The molecule has 0 amide bonds. The summed E-state index contributed by atoms with van der Waals surface area (Å²) in [5.41, 5.74) is 0.975. The Bertz CT molecular complexity index is 536. The van der Waals surface area contributed by atoms with Crippen molar-refractivity contribution in [2.24, 2.45) is 0 Å². The van der Waals surface area contributed by atoms with Gasteiger partial charge in [0.25, 0.3) is 0 Å². The average Bonchev–Trinajstić information content (AvgIpc) is 2.18. The van der Waals surface area contributed by atoms with Crippen LogP contribution in [0.5, 0.6) is 11.5 Å². The van der Waals surface area contributed by atoms with Crippen molar-refractivity contribution in [3.63, 3.8) is 0 Å². The number of benzene rings is 2. The van der Waals surface area contributed by atoms with E-state index in [0.717, 1.165) is 10.9 Å². The number of phenols is 2. The van der Waals surface area contributed by atoms with Crippen LogP contribution in [0.15, 0.2) is 30.3 Å². The summed E-state index contributed by atoms with van der Waals surface area (Å²) in [6.07, 6.45) is 0. The third-order valence-corrected chi connectivity index (χ3v) is 2.80. The summed E-state index contributed by atoms with van der Waals surface area (Å²) in [6.45, 7) is 6.27. The third kappa shape index (κ3) is 1.60. The molecule has 0 heterocycles. The van der Waals surface area contributed by atoms with Gasteiger partial charge in [-0.05, 0) is 23.1 Å². The van der Waals surface area contributed by atoms with Crippen LogP contribution in [0.3, 0.4) is 0 Å². The average molecular weight is 216 g/mol. The van der Waals surface area contributed by atoms with E-state index in [1.165, 1.54) is 0 Å². The van der Waals surface area contributed by atoms with Gasteiger partial charge in [-0.3, -0.25) is 0 Å². The zero-order chi connectivity index (χ0) is 11.9. The Kier molecular flexibility index (Phi) is 2.30. The van der Waals surface area contributed by atoms with Gasteiger partial charge in [0, 0.05) is 10.8 Å². The highest BCUT2D eigenvalue weighted by Gasteiger charge is 2.19. The summed E-state index contributed by atoms with van der Waals surface area (Å²) < 4.78 is 0. The highest BCUT2D eigenvalue weighted by atomic mass is 16.3. The van der Waals surface area contributed by atoms with Gasteiger partial charge in [0.05, 0.1) is 0 Å². The first-order valence-electron chi connectivity index (χ1n) is 5.35. The Balaban J connectivity index is 2.92. The number of hydrogen-bond acceptors (Lipinski definition) is 2. The van der Waals surface area contributed by atoms with E-state index in [2.05, 4.69) is 20.8 Å². The van der Waals surface area contributed by atoms with E-state index < -0.39 is 0 Å². The van der Waals surface area contributed by atoms with Gasteiger partial charge in [0.2, 0.25) is 0 Å². The topological polar surface area (TPSA) is 40.5 Å². The Morgan fingerprint density at radius 2 is 1.56 bits per heavy atom. The molecule has 0 spiro atoms. The fourth-order valence-corrected chi connectivity index (χ4v) is 2.00. The summed E-state index contributed by atoms with van der Waals surface area (Å²) in [7, 11) is 0. The van der Waals surface area contributed by atoms with Crippen molar-refractivity contribution in [3.05, 3.63) is 35.9 Å². The number of rotatable bonds is 0. The van der Waals surface area contributed by atoms with Crippen molar-refractivity contribution in [3.8, 4) is 11.5 Å². The lowest BCUT2D eigenvalue weighted by Gasteiger charge is -2.22. The fraction of sp³-hybridized carbons (Fsp3) is 0.286. The lowest BCUT2D eigenvalue weighted by molar-refractivity contribution is 0.473. The minimum absolute atomic E-state index is 0.0647. The molecule has 0 unspecified atom stereocenters. The van der Waals surface area contributed by atoms with E-state index in [4.69, 9.17) is 0 Å². The van der Waals surface area contributed by atoms with Crippen molar-refractivity contribution in [1.82, 2.24) is 0 Å². The molecule has 0 saturated carbocycles. The van der Waals surface area contributed by atoms with Crippen molar-refractivity contribution < 1.29 is 10.2 Å². The molecular weight excluding hydrogens is 200 g/mol. The lowest BCUT2D eigenvalue weighted by Crippen LogP contribution is -2.11. The van der Waals surface area contributed by atoms with Gasteiger partial charge in [-0.25, -0.2) is 0 Å². The van der Waals surface area contributed by atoms with Crippen LogP contribution in [-0.2, 0) is 5.41 Å². The Morgan fingerprint density at radius 1 is 0.875 bits per heavy atom. The first-order valence-corrected chi connectivity index (χ1v) is 5.35. The van der Waals surface area contributed by atoms with Gasteiger partial charge in [-0.1, -0.05) is 39.0 Å². The predicted octanol–water partition coefficient (Wildman–Crippen LogP) is 3.55. The Hall–Kier alpha value is -1.70. The van der Waals surface area contributed by atoms with E-state index in [1.807, 2.05) is 12.1 Å². The summed E-state index contributed by atoms with van der Waals surface area (Å²) in [5, 5.41) is 21.2. The number of aromatic hydroxyl groups is 2. The molecule has 2 heteroatoms. The highest BCUT2D eigenvalue weighted by molar-refractivity contribution is 5.95. The third-order valence-electron chi connectivity index (χ3n) is 2.80. The molecule has 0 atom stereocenters. The molecular formula is C14H16O2. The van der Waals surface area contributed by atoms with E-state index in [9.17, 15) is 10.2 Å². The van der Waals surface area contributed by atoms with E-state index in [-0.39, 0.29) is 16.9 Å². The van der Waals surface area contributed by atoms with Gasteiger partial charge in [0.1, 0.15) is 11.5 Å². The first kappa shape index (κ1) is 10.8. The smallest absolute Gasteiger partial charge is 0.123 e. The van der Waals surface area contributed by atoms with Crippen LogP contribution in [0.2, 0.25) is 0 Å². The number of phenolic OH excluding ortho intramolecular Hbond substituents is 2. The maximum absolute atomic E-state index is 9.93. The summed E-state index contributed by atoms with van der Waals surface area (Å²) in [5.74, 6) is 0.428. The molecule has 2 aromatic carbocycles. The molecule has 0 aliphatic rings. The predicted molar refractivity (Wildman–Crippen MR) is 66.0 cm³/mol. The first-order chi connectivity index (χ1) is 7.41. The second-order valence-corrected chi connectivity index (χ2v) is 5.08. The molecule has 0 radical (unpaired) electrons. The van der Waals surface area contributed by atoms with E-state index in [0.29, 0.717) is 5.39 Å². The molecule has 0 aliphatic carbocycles. The molecule has 2 rings (SSSR count). The SMILES string of the molecule is CC(C)(C)c1ccc(O)c2cccc(O)c12. The van der Waals surface area contributed by atoms with Gasteiger partial charge in [0.15, 0.2) is 0 Å². The highest BCUT2D eigenvalue weighted by Crippen LogP contribution is 2.38. The largest absolute Gasteiger partial charge is 0.507 e. The van der Waals surface area contributed by atoms with Crippen molar-refractivity contribution in [1.29, 1.82) is 0 Å². The summed E-state index contributed by atoms with van der Waals surface area (Å²) in [4.78, 5) is 0. The summed E-state index contributed by atoms with van der Waals surface area (Å²) >= 11 is 0. The van der Waals surface area contributed by atoms with Gasteiger partial charge >= 0.3 is 0 Å². The molecule has 0 aliphatic heterocycles. The van der Waals surface area contributed by atoms with Gasteiger partial charge < -0.3 is 10.2 Å².